The Kier molecular flexibility index (Phi) is 6.26. The second-order valence-electron chi connectivity index (χ2n) is 6.33. The number of fused-ring (bicyclic) bond motifs is 1. The van der Waals surface area contributed by atoms with Gasteiger partial charge in [-0.3, -0.25) is 4.79 Å². The van der Waals surface area contributed by atoms with Gasteiger partial charge in [-0.2, -0.15) is 8.78 Å². The number of ether oxygens (including phenoxy) is 1. The summed E-state index contributed by atoms with van der Waals surface area (Å²) in [6, 6.07) is 7.63. The number of thioether (sulfide) groups is 1. The highest BCUT2D eigenvalue weighted by atomic mass is 32.2. The highest BCUT2D eigenvalue weighted by Gasteiger charge is 2.22. The lowest BCUT2D eigenvalue weighted by Gasteiger charge is -2.26. The van der Waals surface area contributed by atoms with Crippen LogP contribution in [-0.4, -0.2) is 28.2 Å². The van der Waals surface area contributed by atoms with E-state index < -0.39 is 5.76 Å². The summed E-state index contributed by atoms with van der Waals surface area (Å²) in [5.41, 5.74) is 3.09. The van der Waals surface area contributed by atoms with E-state index in [9.17, 15) is 13.6 Å². The van der Waals surface area contributed by atoms with E-state index in [1.165, 1.54) is 0 Å². The average Bonchev–Trinajstić information content (AvgIpc) is 2.61. The number of hydrogen-bond acceptors (Lipinski definition) is 5. The SMILES string of the molecule is Cc1nc(SC(F)F)nc(C)c1CCC(=O)N[C@@H]1CCOc2ccccc21. The summed E-state index contributed by atoms with van der Waals surface area (Å²) in [4.78, 5) is 20.7. The maximum atomic E-state index is 12.5. The van der Waals surface area contributed by atoms with Gasteiger partial charge >= 0.3 is 0 Å². The van der Waals surface area contributed by atoms with E-state index in [1.807, 2.05) is 24.3 Å². The molecule has 0 saturated heterocycles. The van der Waals surface area contributed by atoms with Gasteiger partial charge in [-0.15, -0.1) is 0 Å². The molecule has 1 aliphatic rings. The number of alkyl halides is 2. The van der Waals surface area contributed by atoms with Crippen LogP contribution in [0.4, 0.5) is 8.78 Å². The highest BCUT2D eigenvalue weighted by Crippen LogP contribution is 2.31. The Morgan fingerprint density at radius 1 is 1.30 bits per heavy atom. The molecule has 27 heavy (non-hydrogen) atoms. The number of para-hydroxylation sites is 1. The molecule has 5 nitrogen and oxygen atoms in total. The number of aryl methyl sites for hydroxylation is 2. The summed E-state index contributed by atoms with van der Waals surface area (Å²) in [5, 5.41) is 3.12. The van der Waals surface area contributed by atoms with Crippen LogP contribution < -0.4 is 10.1 Å². The van der Waals surface area contributed by atoms with E-state index >= 15 is 0 Å². The van der Waals surface area contributed by atoms with Gasteiger partial charge in [0.1, 0.15) is 5.75 Å². The van der Waals surface area contributed by atoms with Crippen LogP contribution in [-0.2, 0) is 11.2 Å². The fourth-order valence-corrected chi connectivity index (χ4v) is 3.74. The summed E-state index contributed by atoms with van der Waals surface area (Å²) in [5.74, 6) is -1.81. The van der Waals surface area contributed by atoms with Crippen molar-refractivity contribution in [1.82, 2.24) is 15.3 Å². The van der Waals surface area contributed by atoms with Crippen LogP contribution in [0.25, 0.3) is 0 Å². The zero-order valence-corrected chi connectivity index (χ0v) is 16.0. The number of carbonyl (C=O) groups excluding carboxylic acids is 1. The molecule has 0 bridgehead atoms. The van der Waals surface area contributed by atoms with Gasteiger partial charge in [0.25, 0.3) is 5.76 Å². The van der Waals surface area contributed by atoms with Crippen molar-refractivity contribution in [1.29, 1.82) is 0 Å². The van der Waals surface area contributed by atoms with Crippen molar-refractivity contribution >= 4 is 17.7 Å². The number of aromatic nitrogens is 2. The fraction of sp³-hybridized carbons (Fsp3) is 0.421. The second-order valence-corrected chi connectivity index (χ2v) is 7.29. The first-order valence-electron chi connectivity index (χ1n) is 8.74. The minimum absolute atomic E-state index is 0.0621. The number of amides is 1. The Labute approximate surface area is 160 Å². The fourth-order valence-electron chi connectivity index (χ4n) is 3.20. The summed E-state index contributed by atoms with van der Waals surface area (Å²) < 4.78 is 30.6. The van der Waals surface area contributed by atoms with Crippen LogP contribution >= 0.6 is 11.8 Å². The van der Waals surface area contributed by atoms with E-state index in [4.69, 9.17) is 4.74 Å². The van der Waals surface area contributed by atoms with Crippen LogP contribution in [0.3, 0.4) is 0 Å². The predicted octanol–water partition coefficient (Wildman–Crippen LogP) is 3.98. The number of halogens is 2. The van der Waals surface area contributed by atoms with Gasteiger partial charge in [0.15, 0.2) is 5.16 Å². The number of nitrogens with zero attached hydrogens (tertiary/aromatic N) is 2. The standard InChI is InChI=1S/C19H21F2N3O2S/c1-11-13(12(2)23-19(22-11)27-18(20)21)7-8-17(25)24-15-9-10-26-16-6-4-3-5-14(15)16/h3-6,15,18H,7-10H2,1-2H3,(H,24,25)/t15-/m1/s1. The molecule has 0 spiro atoms. The molecule has 0 aliphatic carbocycles. The van der Waals surface area contributed by atoms with Gasteiger partial charge < -0.3 is 10.1 Å². The number of benzene rings is 1. The minimum Gasteiger partial charge on any atom is -0.493 e. The van der Waals surface area contributed by atoms with Crippen LogP contribution in [0.2, 0.25) is 0 Å². The molecule has 2 heterocycles. The Hall–Kier alpha value is -2.22. The molecule has 2 aromatic rings. The number of rotatable bonds is 6. The molecule has 0 radical (unpaired) electrons. The number of nitrogens with one attached hydrogen (secondary N) is 1. The molecule has 1 aliphatic heterocycles. The second kappa shape index (κ2) is 8.65. The van der Waals surface area contributed by atoms with Gasteiger partial charge in [-0.05, 0) is 43.7 Å². The summed E-state index contributed by atoms with van der Waals surface area (Å²) in [7, 11) is 0. The lowest BCUT2D eigenvalue weighted by atomic mass is 10.00. The zero-order valence-electron chi connectivity index (χ0n) is 15.2. The van der Waals surface area contributed by atoms with Crippen molar-refractivity contribution in [2.45, 2.75) is 50.1 Å². The molecule has 0 fully saturated rings. The topological polar surface area (TPSA) is 64.1 Å². The minimum atomic E-state index is -2.55. The molecule has 1 N–H and O–H groups in total. The molecule has 1 atom stereocenters. The van der Waals surface area contributed by atoms with Crippen LogP contribution in [0, 0.1) is 13.8 Å². The lowest BCUT2D eigenvalue weighted by Crippen LogP contribution is -2.32. The quantitative estimate of drug-likeness (QED) is 0.594. The van der Waals surface area contributed by atoms with E-state index in [-0.39, 0.29) is 23.5 Å². The van der Waals surface area contributed by atoms with E-state index in [0.29, 0.717) is 36.2 Å². The third-order valence-corrected chi connectivity index (χ3v) is 5.06. The predicted molar refractivity (Wildman–Crippen MR) is 99.1 cm³/mol. The van der Waals surface area contributed by atoms with Crippen molar-refractivity contribution in [3.05, 3.63) is 46.8 Å². The van der Waals surface area contributed by atoms with Gasteiger partial charge in [-0.1, -0.05) is 18.2 Å². The Balaban J connectivity index is 1.62. The van der Waals surface area contributed by atoms with Crippen molar-refractivity contribution < 1.29 is 18.3 Å². The molecule has 8 heteroatoms. The van der Waals surface area contributed by atoms with Crippen molar-refractivity contribution in [3.63, 3.8) is 0 Å². The van der Waals surface area contributed by atoms with E-state index in [0.717, 1.165) is 23.3 Å². The van der Waals surface area contributed by atoms with Gasteiger partial charge in [0.2, 0.25) is 5.91 Å². The first kappa shape index (κ1) is 19.5. The third-order valence-electron chi connectivity index (χ3n) is 4.49. The molecule has 3 rings (SSSR count). The molecule has 144 valence electrons. The molecule has 1 amide bonds. The normalized spacial score (nSPS) is 16.0. The van der Waals surface area contributed by atoms with Crippen molar-refractivity contribution in [3.8, 4) is 5.75 Å². The van der Waals surface area contributed by atoms with Gasteiger partial charge in [0.05, 0.1) is 12.6 Å². The molecule has 1 aromatic carbocycles. The third kappa shape index (κ3) is 4.94. The lowest BCUT2D eigenvalue weighted by molar-refractivity contribution is -0.122. The largest absolute Gasteiger partial charge is 0.493 e. The van der Waals surface area contributed by atoms with Crippen LogP contribution in [0.5, 0.6) is 5.75 Å². The monoisotopic (exact) mass is 393 g/mol. The van der Waals surface area contributed by atoms with E-state index in [2.05, 4.69) is 15.3 Å². The molecular weight excluding hydrogens is 372 g/mol. The van der Waals surface area contributed by atoms with Crippen molar-refractivity contribution in [2.75, 3.05) is 6.61 Å². The Morgan fingerprint density at radius 3 is 2.70 bits per heavy atom. The smallest absolute Gasteiger partial charge is 0.291 e. The maximum absolute atomic E-state index is 12.5. The van der Waals surface area contributed by atoms with Crippen molar-refractivity contribution in [2.24, 2.45) is 0 Å². The van der Waals surface area contributed by atoms with E-state index in [1.54, 1.807) is 13.8 Å². The van der Waals surface area contributed by atoms with Crippen LogP contribution in [0.1, 0.15) is 41.4 Å². The summed E-state index contributed by atoms with van der Waals surface area (Å²) in [6.45, 7) is 4.08. The zero-order chi connectivity index (χ0) is 19.4. The van der Waals surface area contributed by atoms with Crippen LogP contribution in [0.15, 0.2) is 29.4 Å². The maximum Gasteiger partial charge on any atom is 0.291 e. The Morgan fingerprint density at radius 2 is 2.00 bits per heavy atom. The molecule has 0 saturated carbocycles. The first-order chi connectivity index (χ1) is 12.9. The molecule has 0 unspecified atom stereocenters. The number of carbonyl (C=O) groups is 1. The van der Waals surface area contributed by atoms with Gasteiger partial charge in [0, 0.05) is 29.8 Å². The summed E-state index contributed by atoms with van der Waals surface area (Å²) >= 11 is 0.330. The number of hydrogen-bond donors (Lipinski definition) is 1. The Bertz CT molecular complexity index is 809. The van der Waals surface area contributed by atoms with Gasteiger partial charge in [-0.25, -0.2) is 9.97 Å². The molecular formula is C19H21F2N3O2S. The first-order valence-corrected chi connectivity index (χ1v) is 9.62. The summed E-state index contributed by atoms with van der Waals surface area (Å²) in [6.07, 6.45) is 1.48. The molecule has 1 aromatic heterocycles. The average molecular weight is 393 g/mol. The highest BCUT2D eigenvalue weighted by molar-refractivity contribution is 7.99.